The lowest BCUT2D eigenvalue weighted by atomic mass is 9.88. The van der Waals surface area contributed by atoms with Gasteiger partial charge in [-0.2, -0.15) is 5.10 Å². The zero-order valence-electron chi connectivity index (χ0n) is 14.1. The Hall–Kier alpha value is -2.14. The molecule has 5 nitrogen and oxygen atoms in total. The van der Waals surface area contributed by atoms with E-state index < -0.39 is 0 Å². The molecule has 1 aliphatic rings. The van der Waals surface area contributed by atoms with Crippen molar-refractivity contribution in [3.8, 4) is 5.69 Å². The fraction of sp³-hybridized carbons (Fsp3) is 0.444. The van der Waals surface area contributed by atoms with Gasteiger partial charge in [0.05, 0.1) is 29.7 Å². The van der Waals surface area contributed by atoms with Gasteiger partial charge in [-0.1, -0.05) is 20.8 Å². The number of aromatic nitrogens is 2. The molecular weight excluding hydrogens is 290 g/mol. The van der Waals surface area contributed by atoms with Crippen LogP contribution in [0.15, 0.2) is 24.3 Å². The third-order valence-electron chi connectivity index (χ3n) is 4.17. The smallest absolute Gasteiger partial charge is 0.337 e. The lowest BCUT2D eigenvalue weighted by molar-refractivity contribution is 0.0600. The molecule has 0 bridgehead atoms. The minimum atomic E-state index is -0.321. The van der Waals surface area contributed by atoms with E-state index in [1.54, 1.807) is 12.1 Å². The van der Waals surface area contributed by atoms with Crippen LogP contribution in [0, 0.1) is 0 Å². The van der Waals surface area contributed by atoms with Crippen LogP contribution < -0.4 is 5.32 Å². The second-order valence-corrected chi connectivity index (χ2v) is 6.90. The number of methoxy groups -OCH3 is 1. The molecule has 0 atom stereocenters. The highest BCUT2D eigenvalue weighted by Crippen LogP contribution is 2.30. The maximum atomic E-state index is 11.6. The molecule has 5 heteroatoms. The fourth-order valence-electron chi connectivity index (χ4n) is 3.02. The van der Waals surface area contributed by atoms with Crippen molar-refractivity contribution in [2.24, 2.45) is 0 Å². The Kier molecular flexibility index (Phi) is 3.98. The van der Waals surface area contributed by atoms with E-state index in [9.17, 15) is 4.79 Å². The Labute approximate surface area is 136 Å². The van der Waals surface area contributed by atoms with Gasteiger partial charge in [-0.05, 0) is 24.3 Å². The first-order valence-electron chi connectivity index (χ1n) is 7.92. The van der Waals surface area contributed by atoms with Crippen LogP contribution in [0.25, 0.3) is 5.69 Å². The van der Waals surface area contributed by atoms with Crippen LogP contribution in [0.3, 0.4) is 0 Å². The molecule has 1 aromatic carbocycles. The average Bonchev–Trinajstić information content (AvgIpc) is 2.94. The summed E-state index contributed by atoms with van der Waals surface area (Å²) in [4.78, 5) is 11.6. The number of carbonyl (C=O) groups is 1. The molecule has 2 aromatic rings. The third-order valence-corrected chi connectivity index (χ3v) is 4.17. The van der Waals surface area contributed by atoms with Gasteiger partial charge in [0.2, 0.25) is 0 Å². The Morgan fingerprint density at radius 3 is 2.57 bits per heavy atom. The number of hydrogen-bond donors (Lipinski definition) is 1. The monoisotopic (exact) mass is 313 g/mol. The first-order valence-corrected chi connectivity index (χ1v) is 7.92. The molecule has 0 fully saturated rings. The molecule has 3 rings (SSSR count). The number of rotatable bonds is 2. The van der Waals surface area contributed by atoms with Gasteiger partial charge in [0.15, 0.2) is 0 Å². The summed E-state index contributed by atoms with van der Waals surface area (Å²) < 4.78 is 6.78. The largest absolute Gasteiger partial charge is 0.465 e. The molecule has 0 saturated heterocycles. The molecular formula is C18H23N3O2. The van der Waals surface area contributed by atoms with Gasteiger partial charge < -0.3 is 10.1 Å². The zero-order chi connectivity index (χ0) is 16.6. The molecule has 0 amide bonds. The van der Waals surface area contributed by atoms with Crippen molar-refractivity contribution in [3.63, 3.8) is 0 Å². The van der Waals surface area contributed by atoms with Crippen molar-refractivity contribution in [3.05, 3.63) is 46.8 Å². The molecule has 0 saturated carbocycles. The summed E-state index contributed by atoms with van der Waals surface area (Å²) in [5.74, 6) is -0.321. The summed E-state index contributed by atoms with van der Waals surface area (Å²) in [5, 5.41) is 8.32. The van der Waals surface area contributed by atoms with E-state index >= 15 is 0 Å². The summed E-state index contributed by atoms with van der Waals surface area (Å²) in [6.07, 6.45) is 0.956. The highest BCUT2D eigenvalue weighted by atomic mass is 16.5. The lowest BCUT2D eigenvalue weighted by Crippen LogP contribution is -2.26. The summed E-state index contributed by atoms with van der Waals surface area (Å²) in [5.41, 5.74) is 5.23. The first kappa shape index (κ1) is 15.7. The second kappa shape index (κ2) is 5.81. The van der Waals surface area contributed by atoms with Crippen LogP contribution in [0.4, 0.5) is 0 Å². The average molecular weight is 313 g/mol. The van der Waals surface area contributed by atoms with Crippen LogP contribution in [-0.2, 0) is 23.1 Å². The highest BCUT2D eigenvalue weighted by molar-refractivity contribution is 5.89. The number of carbonyl (C=O) groups excluding carboxylic acids is 1. The second-order valence-electron chi connectivity index (χ2n) is 6.90. The van der Waals surface area contributed by atoms with Gasteiger partial charge in [-0.3, -0.25) is 0 Å². The molecule has 1 aromatic heterocycles. The van der Waals surface area contributed by atoms with E-state index in [1.165, 1.54) is 18.4 Å². The molecule has 0 spiro atoms. The Bertz CT molecular complexity index is 724. The lowest BCUT2D eigenvalue weighted by Gasteiger charge is -2.20. The van der Waals surface area contributed by atoms with E-state index in [0.29, 0.717) is 5.56 Å². The van der Waals surface area contributed by atoms with Crippen molar-refractivity contribution >= 4 is 5.97 Å². The zero-order valence-corrected chi connectivity index (χ0v) is 14.1. The van der Waals surface area contributed by atoms with Crippen LogP contribution in [0.1, 0.15) is 48.1 Å². The van der Waals surface area contributed by atoms with Crippen LogP contribution in [0.5, 0.6) is 0 Å². The van der Waals surface area contributed by atoms with Gasteiger partial charge in [0, 0.05) is 30.5 Å². The van der Waals surface area contributed by atoms with Crippen LogP contribution >= 0.6 is 0 Å². The topological polar surface area (TPSA) is 56.2 Å². The Morgan fingerprint density at radius 1 is 1.26 bits per heavy atom. The number of hydrogen-bond acceptors (Lipinski definition) is 4. The van der Waals surface area contributed by atoms with E-state index in [4.69, 9.17) is 9.84 Å². The van der Waals surface area contributed by atoms with Gasteiger partial charge in [0.1, 0.15) is 0 Å². The van der Waals surface area contributed by atoms with Crippen LogP contribution in [-0.4, -0.2) is 29.4 Å². The van der Waals surface area contributed by atoms with Gasteiger partial charge in [-0.15, -0.1) is 0 Å². The number of benzene rings is 1. The molecule has 0 aliphatic carbocycles. The predicted octanol–water partition coefficient (Wildman–Crippen LogP) is 2.60. The van der Waals surface area contributed by atoms with Crippen molar-refractivity contribution < 1.29 is 9.53 Å². The quantitative estimate of drug-likeness (QED) is 0.866. The SMILES string of the molecule is COC(=O)c1ccc(-n2nc(C(C)(C)C)c3c2CCNC3)cc1. The predicted molar refractivity (Wildman–Crippen MR) is 89.0 cm³/mol. The molecule has 122 valence electrons. The van der Waals surface area contributed by atoms with Gasteiger partial charge >= 0.3 is 5.97 Å². The van der Waals surface area contributed by atoms with Crippen molar-refractivity contribution in [2.75, 3.05) is 13.7 Å². The number of nitrogens with one attached hydrogen (secondary N) is 1. The van der Waals surface area contributed by atoms with E-state index in [2.05, 4.69) is 26.1 Å². The van der Waals surface area contributed by atoms with E-state index in [-0.39, 0.29) is 11.4 Å². The Morgan fingerprint density at radius 2 is 1.96 bits per heavy atom. The minimum Gasteiger partial charge on any atom is -0.465 e. The van der Waals surface area contributed by atoms with Crippen LogP contribution in [0.2, 0.25) is 0 Å². The standard InChI is InChI=1S/C18H23N3O2/c1-18(2,3)16-14-11-19-10-9-15(14)21(20-16)13-7-5-12(6-8-13)17(22)23-4/h5-8,19H,9-11H2,1-4H3. The van der Waals surface area contributed by atoms with Gasteiger partial charge in [0.25, 0.3) is 0 Å². The normalized spacial score (nSPS) is 14.4. The molecule has 0 radical (unpaired) electrons. The van der Waals surface area contributed by atoms with E-state index in [0.717, 1.165) is 30.9 Å². The third kappa shape index (κ3) is 2.88. The molecule has 2 heterocycles. The molecule has 1 N–H and O–H groups in total. The van der Waals surface area contributed by atoms with Crippen molar-refractivity contribution in [2.45, 2.75) is 39.2 Å². The molecule has 23 heavy (non-hydrogen) atoms. The van der Waals surface area contributed by atoms with Gasteiger partial charge in [-0.25, -0.2) is 9.48 Å². The maximum absolute atomic E-state index is 11.6. The number of nitrogens with zero attached hydrogens (tertiary/aromatic N) is 2. The van der Waals surface area contributed by atoms with Crippen molar-refractivity contribution in [1.29, 1.82) is 0 Å². The van der Waals surface area contributed by atoms with Crippen molar-refractivity contribution in [1.82, 2.24) is 15.1 Å². The maximum Gasteiger partial charge on any atom is 0.337 e. The fourth-order valence-corrected chi connectivity index (χ4v) is 3.02. The summed E-state index contributed by atoms with van der Waals surface area (Å²) in [6.45, 7) is 8.39. The summed E-state index contributed by atoms with van der Waals surface area (Å²) in [6, 6.07) is 7.42. The Balaban J connectivity index is 2.06. The highest BCUT2D eigenvalue weighted by Gasteiger charge is 2.28. The molecule has 0 unspecified atom stereocenters. The number of ether oxygens (including phenoxy) is 1. The number of esters is 1. The minimum absolute atomic E-state index is 0.000308. The molecule has 1 aliphatic heterocycles. The first-order chi connectivity index (χ1) is 10.9. The summed E-state index contributed by atoms with van der Waals surface area (Å²) in [7, 11) is 1.39. The summed E-state index contributed by atoms with van der Waals surface area (Å²) >= 11 is 0. The number of fused-ring (bicyclic) bond motifs is 1. The van der Waals surface area contributed by atoms with E-state index in [1.807, 2.05) is 16.8 Å².